The topological polar surface area (TPSA) is 12.0 Å². The highest BCUT2D eigenvalue weighted by atomic mass is 79.9. The van der Waals surface area contributed by atoms with Crippen LogP contribution in [0.3, 0.4) is 0 Å². The lowest BCUT2D eigenvalue weighted by atomic mass is 9.98. The molecule has 1 unspecified atom stereocenters. The van der Waals surface area contributed by atoms with Crippen molar-refractivity contribution >= 4 is 15.9 Å². The molecule has 0 fully saturated rings. The van der Waals surface area contributed by atoms with Crippen LogP contribution in [0.25, 0.3) is 0 Å². The average molecular weight is 344 g/mol. The maximum Gasteiger partial charge on any atom is 0.162 e. The van der Waals surface area contributed by atoms with Crippen LogP contribution in [0.5, 0.6) is 0 Å². The SMILES string of the molecule is CNC(Cc1cccc(F)c1F)c1cccc(F)c1Br. The molecule has 0 bridgehead atoms. The van der Waals surface area contributed by atoms with Gasteiger partial charge >= 0.3 is 0 Å². The molecule has 0 heterocycles. The summed E-state index contributed by atoms with van der Waals surface area (Å²) in [4.78, 5) is 0. The Morgan fingerprint density at radius 3 is 2.40 bits per heavy atom. The second kappa shape index (κ2) is 6.41. The second-order valence-corrected chi connectivity index (χ2v) is 5.19. The Morgan fingerprint density at radius 2 is 1.70 bits per heavy atom. The fourth-order valence-electron chi connectivity index (χ4n) is 2.08. The first-order valence-corrected chi connectivity index (χ1v) is 6.88. The van der Waals surface area contributed by atoms with Crippen LogP contribution in [0.1, 0.15) is 17.2 Å². The second-order valence-electron chi connectivity index (χ2n) is 4.40. The quantitative estimate of drug-likeness (QED) is 0.869. The van der Waals surface area contributed by atoms with Crippen LogP contribution in [0.15, 0.2) is 40.9 Å². The van der Waals surface area contributed by atoms with Gasteiger partial charge in [-0.05, 0) is 52.7 Å². The molecule has 0 spiro atoms. The van der Waals surface area contributed by atoms with Crippen molar-refractivity contribution in [2.45, 2.75) is 12.5 Å². The lowest BCUT2D eigenvalue weighted by Crippen LogP contribution is -2.20. The predicted octanol–water partition coefficient (Wildman–Crippen LogP) is 4.37. The van der Waals surface area contributed by atoms with Gasteiger partial charge in [-0.25, -0.2) is 13.2 Å². The van der Waals surface area contributed by atoms with Crippen molar-refractivity contribution in [3.63, 3.8) is 0 Å². The van der Waals surface area contributed by atoms with Gasteiger partial charge in [-0.15, -0.1) is 0 Å². The van der Waals surface area contributed by atoms with Gasteiger partial charge in [0.25, 0.3) is 0 Å². The van der Waals surface area contributed by atoms with Crippen molar-refractivity contribution in [2.75, 3.05) is 7.05 Å². The molecule has 0 aliphatic rings. The van der Waals surface area contributed by atoms with Gasteiger partial charge < -0.3 is 5.32 Å². The fraction of sp³-hybridized carbons (Fsp3) is 0.200. The molecular formula is C15H13BrF3N. The van der Waals surface area contributed by atoms with E-state index in [4.69, 9.17) is 0 Å². The fourth-order valence-corrected chi connectivity index (χ4v) is 2.62. The summed E-state index contributed by atoms with van der Waals surface area (Å²) in [6, 6.07) is 8.40. The van der Waals surface area contributed by atoms with Crippen LogP contribution in [-0.4, -0.2) is 7.05 Å². The number of nitrogens with one attached hydrogen (secondary N) is 1. The van der Waals surface area contributed by atoms with E-state index in [0.717, 1.165) is 6.07 Å². The molecule has 5 heteroatoms. The Kier molecular flexibility index (Phi) is 4.83. The van der Waals surface area contributed by atoms with E-state index in [1.54, 1.807) is 19.2 Å². The molecule has 0 aliphatic heterocycles. The number of hydrogen-bond acceptors (Lipinski definition) is 1. The van der Waals surface area contributed by atoms with E-state index in [1.165, 1.54) is 18.2 Å². The highest BCUT2D eigenvalue weighted by molar-refractivity contribution is 9.10. The Bertz CT molecular complexity index is 616. The Hall–Kier alpha value is -1.33. The van der Waals surface area contributed by atoms with Crippen molar-refractivity contribution in [1.82, 2.24) is 5.32 Å². The first-order valence-electron chi connectivity index (χ1n) is 6.08. The summed E-state index contributed by atoms with van der Waals surface area (Å²) in [5.41, 5.74) is 0.914. The van der Waals surface area contributed by atoms with Crippen molar-refractivity contribution in [1.29, 1.82) is 0 Å². The molecule has 2 aromatic carbocycles. The Balaban J connectivity index is 2.34. The Labute approximate surface area is 123 Å². The van der Waals surface area contributed by atoms with Gasteiger partial charge in [-0.1, -0.05) is 24.3 Å². The maximum atomic E-state index is 13.7. The van der Waals surface area contributed by atoms with Gasteiger partial charge in [-0.3, -0.25) is 0 Å². The van der Waals surface area contributed by atoms with E-state index in [0.29, 0.717) is 10.0 Å². The summed E-state index contributed by atoms with van der Waals surface area (Å²) in [5.74, 6) is -2.13. The molecule has 1 N–H and O–H groups in total. The van der Waals surface area contributed by atoms with Crippen LogP contribution in [-0.2, 0) is 6.42 Å². The molecular weight excluding hydrogens is 331 g/mol. The molecule has 106 valence electrons. The normalized spacial score (nSPS) is 12.4. The van der Waals surface area contributed by atoms with Gasteiger partial charge in [0.2, 0.25) is 0 Å². The third kappa shape index (κ3) is 3.04. The monoisotopic (exact) mass is 343 g/mol. The smallest absolute Gasteiger partial charge is 0.162 e. The first kappa shape index (κ1) is 15.1. The van der Waals surface area contributed by atoms with Gasteiger partial charge in [0.1, 0.15) is 5.82 Å². The molecule has 2 aromatic rings. The summed E-state index contributed by atoms with van der Waals surface area (Å²) < 4.78 is 40.8. The number of hydrogen-bond donors (Lipinski definition) is 1. The standard InChI is InChI=1S/C15H13BrF3N/c1-20-13(10-5-3-6-11(17)14(10)16)8-9-4-2-7-12(18)15(9)19/h2-7,13,20H,8H2,1H3. The van der Waals surface area contributed by atoms with E-state index >= 15 is 0 Å². The van der Waals surface area contributed by atoms with E-state index in [-0.39, 0.29) is 23.8 Å². The molecule has 0 amide bonds. The van der Waals surface area contributed by atoms with Gasteiger partial charge in [0, 0.05) is 6.04 Å². The number of halogens is 4. The number of rotatable bonds is 4. The highest BCUT2D eigenvalue weighted by Gasteiger charge is 2.18. The summed E-state index contributed by atoms with van der Waals surface area (Å²) in [6.45, 7) is 0. The third-order valence-electron chi connectivity index (χ3n) is 3.16. The third-order valence-corrected chi connectivity index (χ3v) is 4.00. The van der Waals surface area contributed by atoms with E-state index in [1.807, 2.05) is 0 Å². The zero-order chi connectivity index (χ0) is 14.7. The molecule has 0 saturated heterocycles. The molecule has 0 saturated carbocycles. The van der Waals surface area contributed by atoms with Crippen LogP contribution >= 0.6 is 15.9 Å². The molecule has 2 rings (SSSR count). The minimum Gasteiger partial charge on any atom is -0.313 e. The average Bonchev–Trinajstić information content (AvgIpc) is 2.44. The van der Waals surface area contributed by atoms with Crippen LogP contribution in [0.4, 0.5) is 13.2 Å². The molecule has 20 heavy (non-hydrogen) atoms. The first-order chi connectivity index (χ1) is 9.54. The minimum absolute atomic E-state index is 0.224. The zero-order valence-electron chi connectivity index (χ0n) is 10.8. The van der Waals surface area contributed by atoms with Gasteiger partial charge in [0.05, 0.1) is 4.47 Å². The Morgan fingerprint density at radius 1 is 1.05 bits per heavy atom. The van der Waals surface area contributed by atoms with Crippen molar-refractivity contribution < 1.29 is 13.2 Å². The van der Waals surface area contributed by atoms with Crippen molar-refractivity contribution in [2.24, 2.45) is 0 Å². The lowest BCUT2D eigenvalue weighted by Gasteiger charge is -2.19. The van der Waals surface area contributed by atoms with Crippen LogP contribution in [0.2, 0.25) is 0 Å². The summed E-state index contributed by atoms with van der Waals surface area (Å²) in [5, 5.41) is 3.00. The minimum atomic E-state index is -0.879. The molecule has 0 radical (unpaired) electrons. The number of benzene rings is 2. The van der Waals surface area contributed by atoms with E-state index in [9.17, 15) is 13.2 Å². The highest BCUT2D eigenvalue weighted by Crippen LogP contribution is 2.29. The van der Waals surface area contributed by atoms with E-state index < -0.39 is 11.6 Å². The van der Waals surface area contributed by atoms with Crippen molar-refractivity contribution in [3.05, 3.63) is 69.4 Å². The largest absolute Gasteiger partial charge is 0.313 e. The zero-order valence-corrected chi connectivity index (χ0v) is 12.3. The van der Waals surface area contributed by atoms with Gasteiger partial charge in [-0.2, -0.15) is 0 Å². The summed E-state index contributed by atoms with van der Waals surface area (Å²) >= 11 is 3.19. The summed E-state index contributed by atoms with van der Waals surface area (Å²) in [6.07, 6.45) is 0.224. The molecule has 1 nitrogen and oxygen atoms in total. The van der Waals surface area contributed by atoms with Gasteiger partial charge in [0.15, 0.2) is 11.6 Å². The predicted molar refractivity (Wildman–Crippen MR) is 76.0 cm³/mol. The van der Waals surface area contributed by atoms with Crippen LogP contribution in [0, 0.1) is 17.5 Å². The molecule has 0 aromatic heterocycles. The number of likely N-dealkylation sites (N-methyl/N-ethyl adjacent to an activating group) is 1. The summed E-state index contributed by atoms with van der Waals surface area (Å²) in [7, 11) is 1.69. The molecule has 0 aliphatic carbocycles. The lowest BCUT2D eigenvalue weighted by molar-refractivity contribution is 0.486. The maximum absolute atomic E-state index is 13.7. The van der Waals surface area contributed by atoms with Crippen LogP contribution < -0.4 is 5.32 Å². The molecule has 1 atom stereocenters. The van der Waals surface area contributed by atoms with E-state index in [2.05, 4.69) is 21.2 Å². The van der Waals surface area contributed by atoms with Crippen molar-refractivity contribution in [3.8, 4) is 0 Å².